The summed E-state index contributed by atoms with van der Waals surface area (Å²) in [5.41, 5.74) is 5.27. The maximum absolute atomic E-state index is 8.30. The Hall–Kier alpha value is -0.860. The highest BCUT2D eigenvalue weighted by Crippen LogP contribution is 2.03. The van der Waals surface area contributed by atoms with Crippen LogP contribution < -0.4 is 5.73 Å². The highest BCUT2D eigenvalue weighted by molar-refractivity contribution is 4.97. The molecule has 0 saturated heterocycles. The van der Waals surface area contributed by atoms with E-state index in [2.05, 4.69) is 0 Å². The standard InChI is InChI=1S/C5H11NO2/c1-3(2)4(6)5(7)8/h3,7-8H,6H2,1-2H3. The molecule has 0 atom stereocenters. The molecular weight excluding hydrogens is 106 g/mol. The third-order valence-corrected chi connectivity index (χ3v) is 0.880. The summed E-state index contributed by atoms with van der Waals surface area (Å²) >= 11 is 0. The van der Waals surface area contributed by atoms with Crippen LogP contribution in [0.25, 0.3) is 0 Å². The summed E-state index contributed by atoms with van der Waals surface area (Å²) in [6.07, 6.45) is 0. The second kappa shape index (κ2) is 2.45. The van der Waals surface area contributed by atoms with E-state index in [1.807, 2.05) is 0 Å². The molecule has 0 radical (unpaired) electrons. The second-order valence-corrected chi connectivity index (χ2v) is 1.93. The molecule has 0 amide bonds. The van der Waals surface area contributed by atoms with Crippen molar-refractivity contribution in [1.82, 2.24) is 0 Å². The molecule has 48 valence electrons. The van der Waals surface area contributed by atoms with Gasteiger partial charge in [0.1, 0.15) is 0 Å². The molecule has 0 saturated carbocycles. The SMILES string of the molecule is CC(C)C(N)=C(O)O. The van der Waals surface area contributed by atoms with Crippen LogP contribution in [0, 0.1) is 5.92 Å². The van der Waals surface area contributed by atoms with Gasteiger partial charge >= 0.3 is 0 Å². The van der Waals surface area contributed by atoms with E-state index in [1.54, 1.807) is 13.8 Å². The topological polar surface area (TPSA) is 66.5 Å². The summed E-state index contributed by atoms with van der Waals surface area (Å²) < 4.78 is 0. The van der Waals surface area contributed by atoms with Gasteiger partial charge in [0.2, 0.25) is 0 Å². The van der Waals surface area contributed by atoms with Gasteiger partial charge in [0.15, 0.2) is 0 Å². The van der Waals surface area contributed by atoms with Gasteiger partial charge in [-0.25, -0.2) is 0 Å². The zero-order valence-corrected chi connectivity index (χ0v) is 5.05. The average Bonchev–Trinajstić information content (AvgIpc) is 1.64. The van der Waals surface area contributed by atoms with E-state index in [9.17, 15) is 0 Å². The maximum atomic E-state index is 8.30. The molecule has 0 aliphatic heterocycles. The molecule has 0 rings (SSSR count). The van der Waals surface area contributed by atoms with Crippen molar-refractivity contribution in [3.8, 4) is 0 Å². The molecule has 0 spiro atoms. The quantitative estimate of drug-likeness (QED) is 0.447. The largest absolute Gasteiger partial charge is 0.480 e. The van der Waals surface area contributed by atoms with Gasteiger partial charge in [0.05, 0.1) is 5.70 Å². The van der Waals surface area contributed by atoms with Crippen LogP contribution in [0.3, 0.4) is 0 Å². The van der Waals surface area contributed by atoms with E-state index in [0.29, 0.717) is 0 Å². The van der Waals surface area contributed by atoms with Crippen LogP contribution in [0.5, 0.6) is 0 Å². The van der Waals surface area contributed by atoms with E-state index < -0.39 is 5.95 Å². The average molecular weight is 117 g/mol. The monoisotopic (exact) mass is 117 g/mol. The molecule has 0 fully saturated rings. The Balaban J connectivity index is 4.00. The van der Waals surface area contributed by atoms with Gasteiger partial charge in [0.25, 0.3) is 5.95 Å². The number of allylic oxidation sites excluding steroid dienone is 1. The van der Waals surface area contributed by atoms with Gasteiger partial charge in [-0.15, -0.1) is 0 Å². The Kier molecular flexibility index (Phi) is 2.19. The minimum absolute atomic E-state index is 0.000000000000000222. The Bertz CT molecular complexity index is 103. The molecule has 0 aliphatic carbocycles. The molecule has 0 aromatic rings. The molecule has 0 aromatic carbocycles. The lowest BCUT2D eigenvalue weighted by atomic mass is 10.2. The first-order valence-corrected chi connectivity index (χ1v) is 2.43. The Morgan fingerprint density at radius 1 is 1.38 bits per heavy atom. The minimum Gasteiger partial charge on any atom is -0.480 e. The molecule has 3 heteroatoms. The first-order chi connectivity index (χ1) is 3.55. The van der Waals surface area contributed by atoms with Gasteiger partial charge in [-0.3, -0.25) is 0 Å². The summed E-state index contributed by atoms with van der Waals surface area (Å²) in [5, 5.41) is 16.6. The summed E-state index contributed by atoms with van der Waals surface area (Å²) in [6, 6.07) is 0. The molecule has 0 bridgehead atoms. The Morgan fingerprint density at radius 2 is 1.75 bits per heavy atom. The van der Waals surface area contributed by atoms with Gasteiger partial charge in [-0.2, -0.15) is 0 Å². The number of aliphatic hydroxyl groups excluding tert-OH is 1. The van der Waals surface area contributed by atoms with Gasteiger partial charge in [-0.1, -0.05) is 13.8 Å². The van der Waals surface area contributed by atoms with E-state index in [-0.39, 0.29) is 11.6 Å². The zero-order valence-electron chi connectivity index (χ0n) is 5.05. The van der Waals surface area contributed by atoms with Gasteiger partial charge < -0.3 is 15.9 Å². The first-order valence-electron chi connectivity index (χ1n) is 2.43. The third-order valence-electron chi connectivity index (χ3n) is 0.880. The molecule has 4 N–H and O–H groups in total. The fourth-order valence-electron chi connectivity index (χ4n) is 0.258. The van der Waals surface area contributed by atoms with Crippen LogP contribution in [0.4, 0.5) is 0 Å². The van der Waals surface area contributed by atoms with E-state index >= 15 is 0 Å². The molecule has 0 unspecified atom stereocenters. The zero-order chi connectivity index (χ0) is 6.73. The number of nitrogens with two attached hydrogens (primary N) is 1. The molecule has 0 aromatic heterocycles. The molecule has 0 aliphatic rings. The summed E-state index contributed by atoms with van der Waals surface area (Å²) in [4.78, 5) is 0. The normalized spacial score (nSPS) is 9.38. The summed E-state index contributed by atoms with van der Waals surface area (Å²) in [6.45, 7) is 3.56. The fourth-order valence-corrected chi connectivity index (χ4v) is 0.258. The van der Waals surface area contributed by atoms with Crippen molar-refractivity contribution in [3.63, 3.8) is 0 Å². The van der Waals surface area contributed by atoms with E-state index in [4.69, 9.17) is 15.9 Å². The number of rotatable bonds is 1. The lowest BCUT2D eigenvalue weighted by Crippen LogP contribution is -2.08. The van der Waals surface area contributed by atoms with Crippen molar-refractivity contribution in [2.24, 2.45) is 11.7 Å². The summed E-state index contributed by atoms with van der Waals surface area (Å²) in [7, 11) is 0. The van der Waals surface area contributed by atoms with Crippen molar-refractivity contribution >= 4 is 0 Å². The van der Waals surface area contributed by atoms with Crippen LogP contribution in [0.1, 0.15) is 13.8 Å². The first kappa shape index (κ1) is 7.14. The van der Waals surface area contributed by atoms with Crippen molar-refractivity contribution in [3.05, 3.63) is 11.6 Å². The predicted molar refractivity (Wildman–Crippen MR) is 31.3 cm³/mol. The minimum atomic E-state index is -0.764. The van der Waals surface area contributed by atoms with E-state index in [1.165, 1.54) is 0 Å². The third kappa shape index (κ3) is 1.73. The highest BCUT2D eigenvalue weighted by atomic mass is 16.5. The van der Waals surface area contributed by atoms with Crippen molar-refractivity contribution in [1.29, 1.82) is 0 Å². The Labute approximate surface area is 48.4 Å². The fraction of sp³-hybridized carbons (Fsp3) is 0.600. The van der Waals surface area contributed by atoms with Crippen molar-refractivity contribution in [2.45, 2.75) is 13.8 Å². The number of hydrogen-bond acceptors (Lipinski definition) is 3. The van der Waals surface area contributed by atoms with Crippen LogP contribution in [-0.2, 0) is 0 Å². The summed E-state index contributed by atoms with van der Waals surface area (Å²) in [5.74, 6) is -0.764. The van der Waals surface area contributed by atoms with Crippen LogP contribution in [0.2, 0.25) is 0 Å². The molecule has 8 heavy (non-hydrogen) atoms. The van der Waals surface area contributed by atoms with Crippen LogP contribution in [0.15, 0.2) is 11.6 Å². The maximum Gasteiger partial charge on any atom is 0.294 e. The number of aliphatic hydroxyl groups is 2. The lowest BCUT2D eigenvalue weighted by Gasteiger charge is -2.02. The van der Waals surface area contributed by atoms with Crippen molar-refractivity contribution < 1.29 is 10.2 Å². The smallest absolute Gasteiger partial charge is 0.294 e. The molecule has 0 heterocycles. The Morgan fingerprint density at radius 3 is 1.75 bits per heavy atom. The van der Waals surface area contributed by atoms with Crippen molar-refractivity contribution in [2.75, 3.05) is 0 Å². The van der Waals surface area contributed by atoms with Crippen LogP contribution in [-0.4, -0.2) is 10.2 Å². The number of hydrogen-bond donors (Lipinski definition) is 3. The van der Waals surface area contributed by atoms with Crippen LogP contribution >= 0.6 is 0 Å². The van der Waals surface area contributed by atoms with Gasteiger partial charge in [-0.05, 0) is 5.92 Å². The molecular formula is C5H11NO2. The predicted octanol–water partition coefficient (Wildman–Crippen LogP) is 0.886. The lowest BCUT2D eigenvalue weighted by molar-refractivity contribution is 0.180. The highest BCUT2D eigenvalue weighted by Gasteiger charge is 2.01. The van der Waals surface area contributed by atoms with Gasteiger partial charge in [0, 0.05) is 0 Å². The second-order valence-electron chi connectivity index (χ2n) is 1.93. The van der Waals surface area contributed by atoms with E-state index in [0.717, 1.165) is 0 Å². The molecule has 3 nitrogen and oxygen atoms in total.